The summed E-state index contributed by atoms with van der Waals surface area (Å²) in [5.74, 6) is -1.05. The van der Waals surface area contributed by atoms with E-state index in [-0.39, 0.29) is 0 Å². The number of aliphatic hydroxyl groups excluding tert-OH is 6. The van der Waals surface area contributed by atoms with Crippen LogP contribution in [0.4, 0.5) is 5.69 Å². The second kappa shape index (κ2) is 8.63. The number of hydrogen-bond donors (Lipinski definition) is 8. The number of benzene rings is 1. The minimum Gasteiger partial charge on any atom is -0.394 e. The van der Waals surface area contributed by atoms with Crippen LogP contribution in [0.2, 0.25) is 0 Å². The SMILES string of the molecule is O=C(NNc1ccccc1)[C@H](O)[C@H](O)[C@H](O)[C@H](O)[C@H](O)CO. The van der Waals surface area contributed by atoms with Crippen molar-refractivity contribution in [3.05, 3.63) is 30.3 Å². The molecular weight excluding hydrogens is 296 g/mol. The van der Waals surface area contributed by atoms with Gasteiger partial charge in [-0.1, -0.05) is 18.2 Å². The molecule has 0 bridgehead atoms. The molecule has 0 aliphatic carbocycles. The van der Waals surface area contributed by atoms with Gasteiger partial charge in [-0.25, -0.2) is 0 Å². The van der Waals surface area contributed by atoms with E-state index in [0.29, 0.717) is 5.69 Å². The molecule has 5 atom stereocenters. The van der Waals surface area contributed by atoms with E-state index in [9.17, 15) is 25.2 Å². The van der Waals surface area contributed by atoms with Crippen molar-refractivity contribution in [3.8, 4) is 0 Å². The number of carbonyl (C=O) groups is 1. The van der Waals surface area contributed by atoms with Gasteiger partial charge in [0.15, 0.2) is 6.10 Å². The quantitative estimate of drug-likeness (QED) is 0.234. The number of nitrogens with one attached hydrogen (secondary N) is 2. The monoisotopic (exact) mass is 316 g/mol. The first-order valence-electron chi connectivity index (χ1n) is 6.50. The van der Waals surface area contributed by atoms with Crippen molar-refractivity contribution < 1.29 is 35.4 Å². The average molecular weight is 316 g/mol. The van der Waals surface area contributed by atoms with Gasteiger partial charge in [0.2, 0.25) is 0 Å². The Labute approximate surface area is 126 Å². The van der Waals surface area contributed by atoms with Crippen molar-refractivity contribution in [2.24, 2.45) is 0 Å². The van der Waals surface area contributed by atoms with E-state index in [1.807, 2.05) is 0 Å². The molecule has 0 fully saturated rings. The molecule has 0 aliphatic rings. The highest BCUT2D eigenvalue weighted by Crippen LogP contribution is 2.09. The lowest BCUT2D eigenvalue weighted by Crippen LogP contribution is -2.54. The molecule has 0 saturated carbocycles. The standard InChI is InChI=1S/C13H20N2O7/c16-6-8(17)9(18)10(19)11(20)12(21)13(22)15-14-7-4-2-1-3-5-7/h1-5,8-12,14,16-21H,6H2,(H,15,22)/t8-,9-,10-,11-,12-/m1/s1. The second-order valence-corrected chi connectivity index (χ2v) is 4.65. The van der Waals surface area contributed by atoms with Crippen LogP contribution in [0.25, 0.3) is 0 Å². The minimum atomic E-state index is -2.06. The molecule has 0 aliphatic heterocycles. The maximum Gasteiger partial charge on any atom is 0.269 e. The summed E-state index contributed by atoms with van der Waals surface area (Å²) in [7, 11) is 0. The molecular formula is C13H20N2O7. The summed E-state index contributed by atoms with van der Waals surface area (Å²) in [6, 6.07) is 8.45. The molecule has 9 heteroatoms. The molecule has 0 spiro atoms. The van der Waals surface area contributed by atoms with Gasteiger partial charge < -0.3 is 30.6 Å². The van der Waals surface area contributed by atoms with Gasteiger partial charge in [-0.15, -0.1) is 0 Å². The van der Waals surface area contributed by atoms with E-state index >= 15 is 0 Å². The molecule has 0 aromatic heterocycles. The van der Waals surface area contributed by atoms with Gasteiger partial charge in [-0.3, -0.25) is 15.6 Å². The van der Waals surface area contributed by atoms with Gasteiger partial charge >= 0.3 is 0 Å². The fourth-order valence-corrected chi connectivity index (χ4v) is 1.61. The zero-order valence-corrected chi connectivity index (χ0v) is 11.6. The summed E-state index contributed by atoms with van der Waals surface area (Å²) in [4.78, 5) is 11.6. The molecule has 1 rings (SSSR count). The molecule has 1 amide bonds. The minimum absolute atomic E-state index is 0.522. The number of aliphatic hydroxyl groups is 6. The van der Waals surface area contributed by atoms with E-state index in [4.69, 9.17) is 10.2 Å². The zero-order chi connectivity index (χ0) is 16.7. The summed E-state index contributed by atoms with van der Waals surface area (Å²) in [6.45, 7) is -0.858. The van der Waals surface area contributed by atoms with Crippen LogP contribution in [-0.4, -0.2) is 73.7 Å². The normalized spacial score (nSPS) is 17.9. The summed E-state index contributed by atoms with van der Waals surface area (Å²) in [5, 5.41) is 56.0. The van der Waals surface area contributed by atoms with Crippen LogP contribution in [0.15, 0.2) is 30.3 Å². The lowest BCUT2D eigenvalue weighted by atomic mass is 9.99. The topological polar surface area (TPSA) is 163 Å². The van der Waals surface area contributed by atoms with Crippen LogP contribution in [0.3, 0.4) is 0 Å². The molecule has 22 heavy (non-hydrogen) atoms. The van der Waals surface area contributed by atoms with E-state index in [1.54, 1.807) is 30.3 Å². The maximum atomic E-state index is 11.6. The van der Waals surface area contributed by atoms with Crippen LogP contribution >= 0.6 is 0 Å². The van der Waals surface area contributed by atoms with E-state index < -0.39 is 43.0 Å². The largest absolute Gasteiger partial charge is 0.394 e. The number of amides is 1. The number of para-hydroxylation sites is 1. The van der Waals surface area contributed by atoms with Gasteiger partial charge in [-0.2, -0.15) is 0 Å². The molecule has 0 radical (unpaired) electrons. The molecule has 124 valence electrons. The number of carbonyl (C=O) groups excluding carboxylic acids is 1. The fraction of sp³-hybridized carbons (Fsp3) is 0.462. The summed E-state index contributed by atoms with van der Waals surface area (Å²) < 4.78 is 0. The molecule has 0 unspecified atom stereocenters. The smallest absolute Gasteiger partial charge is 0.269 e. The van der Waals surface area contributed by atoms with E-state index in [2.05, 4.69) is 10.9 Å². The third kappa shape index (κ3) is 4.91. The lowest BCUT2D eigenvalue weighted by Gasteiger charge is -2.28. The fourth-order valence-electron chi connectivity index (χ4n) is 1.61. The highest BCUT2D eigenvalue weighted by Gasteiger charge is 2.37. The van der Waals surface area contributed by atoms with Gasteiger partial charge in [0, 0.05) is 0 Å². The van der Waals surface area contributed by atoms with Crippen LogP contribution < -0.4 is 10.9 Å². The van der Waals surface area contributed by atoms with Crippen molar-refractivity contribution in [3.63, 3.8) is 0 Å². The summed E-state index contributed by atoms with van der Waals surface area (Å²) >= 11 is 0. The summed E-state index contributed by atoms with van der Waals surface area (Å²) in [6.07, 6.45) is -9.80. The Balaban J connectivity index is 2.54. The number of hydrazine groups is 1. The first-order valence-corrected chi connectivity index (χ1v) is 6.50. The van der Waals surface area contributed by atoms with Crippen LogP contribution in [0.1, 0.15) is 0 Å². The van der Waals surface area contributed by atoms with Gasteiger partial charge in [0.05, 0.1) is 12.3 Å². The Morgan fingerprint density at radius 2 is 1.55 bits per heavy atom. The Bertz CT molecular complexity index is 459. The van der Waals surface area contributed by atoms with Gasteiger partial charge in [-0.05, 0) is 12.1 Å². The predicted octanol–water partition coefficient (Wildman–Crippen LogP) is -3.07. The summed E-state index contributed by atoms with van der Waals surface area (Å²) in [5.41, 5.74) is 5.11. The average Bonchev–Trinajstić information content (AvgIpc) is 2.56. The number of anilines is 1. The highest BCUT2D eigenvalue weighted by atomic mass is 16.4. The van der Waals surface area contributed by atoms with Gasteiger partial charge in [0.25, 0.3) is 5.91 Å². The number of hydrogen-bond acceptors (Lipinski definition) is 8. The Morgan fingerprint density at radius 1 is 0.955 bits per heavy atom. The molecule has 0 saturated heterocycles. The first kappa shape index (κ1) is 18.3. The van der Waals surface area contributed by atoms with Gasteiger partial charge in [0.1, 0.15) is 24.4 Å². The van der Waals surface area contributed by atoms with Crippen molar-refractivity contribution >= 4 is 11.6 Å². The van der Waals surface area contributed by atoms with Crippen LogP contribution in [-0.2, 0) is 4.79 Å². The second-order valence-electron chi connectivity index (χ2n) is 4.65. The first-order chi connectivity index (χ1) is 10.4. The number of rotatable bonds is 8. The van der Waals surface area contributed by atoms with Crippen LogP contribution in [0, 0.1) is 0 Å². The Morgan fingerprint density at radius 3 is 2.09 bits per heavy atom. The van der Waals surface area contributed by atoms with Crippen molar-refractivity contribution in [2.75, 3.05) is 12.0 Å². The predicted molar refractivity (Wildman–Crippen MR) is 75.3 cm³/mol. The Kier molecular flexibility index (Phi) is 7.18. The molecule has 0 heterocycles. The van der Waals surface area contributed by atoms with E-state index in [1.165, 1.54) is 0 Å². The molecule has 1 aromatic carbocycles. The maximum absolute atomic E-state index is 11.6. The lowest BCUT2D eigenvalue weighted by molar-refractivity contribution is -0.156. The molecule has 8 N–H and O–H groups in total. The Hall–Kier alpha value is -1.75. The highest BCUT2D eigenvalue weighted by molar-refractivity contribution is 5.82. The molecule has 9 nitrogen and oxygen atoms in total. The van der Waals surface area contributed by atoms with Crippen molar-refractivity contribution in [1.29, 1.82) is 0 Å². The van der Waals surface area contributed by atoms with Crippen molar-refractivity contribution in [1.82, 2.24) is 5.43 Å². The third-order valence-electron chi connectivity index (χ3n) is 2.98. The zero-order valence-electron chi connectivity index (χ0n) is 11.6. The third-order valence-corrected chi connectivity index (χ3v) is 2.98. The van der Waals surface area contributed by atoms with Crippen LogP contribution in [0.5, 0.6) is 0 Å². The molecule has 1 aromatic rings. The van der Waals surface area contributed by atoms with E-state index in [0.717, 1.165) is 0 Å². The van der Waals surface area contributed by atoms with Crippen molar-refractivity contribution in [2.45, 2.75) is 30.5 Å².